The Morgan fingerprint density at radius 2 is 1.92 bits per heavy atom. The van der Waals surface area contributed by atoms with Gasteiger partial charge in [-0.25, -0.2) is 9.59 Å². The molecule has 3 unspecified atom stereocenters. The fraction of sp³-hybridized carbons (Fsp3) is 0.483. The van der Waals surface area contributed by atoms with Crippen molar-refractivity contribution in [3.8, 4) is 5.75 Å². The number of nitrogens with one attached hydrogen (secondary N) is 1. The summed E-state index contributed by atoms with van der Waals surface area (Å²) in [5.74, 6) is -1.08. The number of aryl methyl sites for hydroxylation is 1. The summed E-state index contributed by atoms with van der Waals surface area (Å²) in [6.45, 7) is 9.40. The van der Waals surface area contributed by atoms with E-state index in [2.05, 4.69) is 28.8 Å². The summed E-state index contributed by atoms with van der Waals surface area (Å²) >= 11 is 1.77. The van der Waals surface area contributed by atoms with Crippen LogP contribution < -0.4 is 10.9 Å². The zero-order valence-electron chi connectivity index (χ0n) is 22.2. The molecule has 2 N–H and O–H groups in total. The van der Waals surface area contributed by atoms with E-state index in [1.807, 2.05) is 19.9 Å². The highest BCUT2D eigenvalue weighted by atomic mass is 32.1. The van der Waals surface area contributed by atoms with E-state index in [0.29, 0.717) is 18.6 Å². The van der Waals surface area contributed by atoms with Gasteiger partial charge in [0.05, 0.1) is 7.11 Å². The van der Waals surface area contributed by atoms with Crippen LogP contribution in [0.1, 0.15) is 84.7 Å². The van der Waals surface area contributed by atoms with E-state index in [-0.39, 0.29) is 23.1 Å². The lowest BCUT2D eigenvalue weighted by Crippen LogP contribution is -2.26. The number of carbonyl (C=O) groups is 2. The molecule has 0 spiro atoms. The Bertz CT molecular complexity index is 1130. The topological polar surface area (TPSA) is 106 Å². The van der Waals surface area contributed by atoms with E-state index in [1.54, 1.807) is 24.3 Å². The zero-order valence-corrected chi connectivity index (χ0v) is 23.1. The van der Waals surface area contributed by atoms with E-state index >= 15 is 0 Å². The van der Waals surface area contributed by atoms with Gasteiger partial charge in [-0.15, -0.1) is 17.9 Å². The van der Waals surface area contributed by atoms with Gasteiger partial charge in [0, 0.05) is 33.9 Å². The Morgan fingerprint density at radius 1 is 1.19 bits per heavy atom. The van der Waals surface area contributed by atoms with E-state index < -0.39 is 23.4 Å². The molecule has 2 heterocycles. The minimum absolute atomic E-state index is 0.0115. The Balaban J connectivity index is 1.98. The molecule has 0 radical (unpaired) electrons. The van der Waals surface area contributed by atoms with E-state index in [9.17, 15) is 19.5 Å². The lowest BCUT2D eigenvalue weighted by Gasteiger charge is -2.18. The van der Waals surface area contributed by atoms with Gasteiger partial charge >= 0.3 is 11.7 Å². The molecule has 2 rings (SSSR count). The maximum Gasteiger partial charge on any atom is 0.410 e. The van der Waals surface area contributed by atoms with Gasteiger partial charge in [-0.1, -0.05) is 32.9 Å². The maximum atomic E-state index is 13.2. The molecule has 0 fully saturated rings. The minimum atomic E-state index is -0.813. The molecule has 202 valence electrons. The number of aromatic hydroxyl groups is 1. The minimum Gasteiger partial charge on any atom is -0.507 e. The average molecular weight is 530 g/mol. The van der Waals surface area contributed by atoms with Gasteiger partial charge < -0.3 is 14.3 Å². The fourth-order valence-electron chi connectivity index (χ4n) is 3.96. The Morgan fingerprint density at radius 3 is 2.59 bits per heavy atom. The number of hydrogen-bond donors (Lipinski definition) is 2. The third-order valence-electron chi connectivity index (χ3n) is 6.54. The van der Waals surface area contributed by atoms with Crippen LogP contribution in [0.4, 0.5) is 4.79 Å². The van der Waals surface area contributed by atoms with Crippen molar-refractivity contribution in [3.63, 3.8) is 0 Å². The summed E-state index contributed by atoms with van der Waals surface area (Å²) in [6, 6.07) is 5.63. The number of ether oxygens (including phenoxy) is 1. The van der Waals surface area contributed by atoms with Crippen LogP contribution in [0.2, 0.25) is 0 Å². The number of amides is 1. The van der Waals surface area contributed by atoms with Crippen LogP contribution in [-0.2, 0) is 17.6 Å². The second kappa shape index (κ2) is 15.2. The average Bonchev–Trinajstić information content (AvgIpc) is 3.31. The molecule has 37 heavy (non-hydrogen) atoms. The maximum absolute atomic E-state index is 13.2. The standard InChI is InChI=1S/C29H39NO6S/c1-6-7-8-9-13-22-14-15-23(37-22)17-20(3)21(4)27(32)26-24(31)18-25(36-28(26)33)19(2)12-10-11-16-30-29(34)35-5/h6,11,14-16,18-21,31H,1,7-10,12-13,17H2,2-5H3,(H,30,34)/b16-11+. The van der Waals surface area contributed by atoms with Gasteiger partial charge in [0.15, 0.2) is 5.78 Å². The number of hydrogen-bond acceptors (Lipinski definition) is 7. The Kier molecular flexibility index (Phi) is 12.4. The SMILES string of the molecule is C=CCCCCc1ccc(CC(C)C(C)C(=O)c2c(O)cc(C(C)CC/C=C/NC(=O)OC)oc2=O)s1. The van der Waals surface area contributed by atoms with Gasteiger partial charge in [0.2, 0.25) is 0 Å². The van der Waals surface area contributed by atoms with Crippen molar-refractivity contribution >= 4 is 23.2 Å². The molecule has 3 atom stereocenters. The first-order valence-corrected chi connectivity index (χ1v) is 13.6. The van der Waals surface area contributed by atoms with Crippen molar-refractivity contribution in [1.82, 2.24) is 5.32 Å². The number of thiophene rings is 1. The molecule has 0 aromatic carbocycles. The van der Waals surface area contributed by atoms with Gasteiger partial charge in [-0.2, -0.15) is 0 Å². The normalized spacial score (nSPS) is 13.7. The van der Waals surface area contributed by atoms with Gasteiger partial charge in [-0.3, -0.25) is 10.1 Å². The highest BCUT2D eigenvalue weighted by molar-refractivity contribution is 7.12. The Labute approximate surface area is 223 Å². The first kappa shape index (κ1) is 30.1. The van der Waals surface area contributed by atoms with Crippen LogP contribution in [0, 0.1) is 11.8 Å². The predicted octanol–water partition coefficient (Wildman–Crippen LogP) is 6.76. The van der Waals surface area contributed by atoms with Crippen LogP contribution in [0.5, 0.6) is 5.75 Å². The molecule has 0 bridgehead atoms. The van der Waals surface area contributed by atoms with Crippen LogP contribution >= 0.6 is 11.3 Å². The number of rotatable bonds is 15. The van der Waals surface area contributed by atoms with Gasteiger partial charge in [0.1, 0.15) is 17.1 Å². The predicted molar refractivity (Wildman–Crippen MR) is 147 cm³/mol. The summed E-state index contributed by atoms with van der Waals surface area (Å²) in [6.07, 6.45) is 10.9. The second-order valence-electron chi connectivity index (χ2n) is 9.45. The van der Waals surface area contributed by atoms with Crippen LogP contribution in [0.3, 0.4) is 0 Å². The fourth-order valence-corrected chi connectivity index (χ4v) is 5.16. The quantitative estimate of drug-likeness (QED) is 0.150. The van der Waals surface area contributed by atoms with Crippen molar-refractivity contribution in [2.45, 2.75) is 71.6 Å². The van der Waals surface area contributed by atoms with E-state index in [4.69, 9.17) is 4.42 Å². The zero-order chi connectivity index (χ0) is 27.4. The monoisotopic (exact) mass is 529 g/mol. The lowest BCUT2D eigenvalue weighted by atomic mass is 9.86. The Hall–Kier alpha value is -3.13. The number of unbranched alkanes of at least 4 members (excludes halogenated alkanes) is 2. The van der Waals surface area contributed by atoms with Gasteiger partial charge in [0.25, 0.3) is 0 Å². The summed E-state index contributed by atoms with van der Waals surface area (Å²) in [5, 5.41) is 13.0. The van der Waals surface area contributed by atoms with Crippen molar-refractivity contribution in [1.29, 1.82) is 0 Å². The third kappa shape index (κ3) is 9.35. The van der Waals surface area contributed by atoms with Crippen LogP contribution in [0.25, 0.3) is 0 Å². The van der Waals surface area contributed by atoms with Crippen molar-refractivity contribution < 1.29 is 23.8 Å². The molecule has 0 aliphatic heterocycles. The van der Waals surface area contributed by atoms with Crippen LogP contribution in [-0.4, -0.2) is 24.1 Å². The van der Waals surface area contributed by atoms with E-state index in [1.165, 1.54) is 29.1 Å². The van der Waals surface area contributed by atoms with Gasteiger partial charge in [-0.05, 0) is 63.0 Å². The number of ketones is 1. The smallest absolute Gasteiger partial charge is 0.410 e. The molecule has 0 aliphatic rings. The van der Waals surface area contributed by atoms with Crippen LogP contribution in [0.15, 0.2) is 52.3 Å². The first-order valence-electron chi connectivity index (χ1n) is 12.8. The summed E-state index contributed by atoms with van der Waals surface area (Å²) in [4.78, 5) is 39.4. The second-order valence-corrected chi connectivity index (χ2v) is 10.7. The largest absolute Gasteiger partial charge is 0.507 e. The summed E-state index contributed by atoms with van der Waals surface area (Å²) in [5.41, 5.74) is -1.10. The highest BCUT2D eigenvalue weighted by Crippen LogP contribution is 2.29. The molecular weight excluding hydrogens is 490 g/mol. The molecule has 0 saturated carbocycles. The molecule has 1 amide bonds. The van der Waals surface area contributed by atoms with Crippen molar-refractivity contribution in [2.24, 2.45) is 11.8 Å². The molecular formula is C29H39NO6S. The third-order valence-corrected chi connectivity index (χ3v) is 7.71. The summed E-state index contributed by atoms with van der Waals surface area (Å²) in [7, 11) is 1.28. The van der Waals surface area contributed by atoms with Crippen molar-refractivity contribution in [3.05, 3.63) is 74.6 Å². The van der Waals surface area contributed by atoms with E-state index in [0.717, 1.165) is 32.1 Å². The number of allylic oxidation sites excluding steroid dienone is 2. The molecule has 2 aromatic heterocycles. The van der Waals surface area contributed by atoms with Crippen molar-refractivity contribution in [2.75, 3.05) is 7.11 Å². The molecule has 2 aromatic rings. The number of carbonyl (C=O) groups excluding carboxylic acids is 2. The first-order chi connectivity index (χ1) is 17.7. The summed E-state index contributed by atoms with van der Waals surface area (Å²) < 4.78 is 9.91. The number of alkyl carbamates (subject to hydrolysis) is 1. The molecule has 0 saturated heterocycles. The highest BCUT2D eigenvalue weighted by Gasteiger charge is 2.28. The molecule has 7 nitrogen and oxygen atoms in total. The molecule has 0 aliphatic carbocycles. The lowest BCUT2D eigenvalue weighted by molar-refractivity contribution is 0.0885. The molecule has 8 heteroatoms. The number of Topliss-reactive ketones (excluding diaryl/α,β-unsaturated/α-hetero) is 1. The number of methoxy groups -OCH3 is 1.